The molecule has 0 aliphatic heterocycles. The zero-order valence-electron chi connectivity index (χ0n) is 10.4. The third-order valence-corrected chi connectivity index (χ3v) is 2.63. The minimum Gasteiger partial charge on any atom is -0.508 e. The predicted molar refractivity (Wildman–Crippen MR) is 69.0 cm³/mol. The topological polar surface area (TPSA) is 49.3 Å². The quantitative estimate of drug-likeness (QED) is 0.714. The molecule has 17 heavy (non-hydrogen) atoms. The Labute approximate surface area is 103 Å². The van der Waals surface area contributed by atoms with E-state index in [0.717, 1.165) is 31.2 Å². The molecule has 0 saturated heterocycles. The molecule has 2 N–H and O–H groups in total. The standard InChI is InChI=1S/C14H21NO2/c1-2-3-9-14(17)15-10-5-7-12-6-4-8-13(16)11-12/h4,6,8,11,16H,2-3,5,7,9-10H2,1H3,(H,15,17). The molecule has 0 unspecified atom stereocenters. The number of phenolic OH excluding ortho intramolecular Hbond substituents is 1. The van der Waals surface area contributed by atoms with Crippen LogP contribution in [0, 0.1) is 0 Å². The first-order valence-electron chi connectivity index (χ1n) is 6.27. The molecule has 0 spiro atoms. The van der Waals surface area contributed by atoms with Gasteiger partial charge in [-0.25, -0.2) is 0 Å². The van der Waals surface area contributed by atoms with Crippen molar-refractivity contribution in [2.75, 3.05) is 6.54 Å². The number of amides is 1. The van der Waals surface area contributed by atoms with Gasteiger partial charge < -0.3 is 10.4 Å². The number of benzene rings is 1. The molecule has 3 nitrogen and oxygen atoms in total. The highest BCUT2D eigenvalue weighted by atomic mass is 16.3. The van der Waals surface area contributed by atoms with Crippen LogP contribution in [0.5, 0.6) is 5.75 Å². The Morgan fingerprint density at radius 2 is 2.18 bits per heavy atom. The van der Waals surface area contributed by atoms with Gasteiger partial charge in [0.05, 0.1) is 0 Å². The van der Waals surface area contributed by atoms with Crippen LogP contribution in [0.1, 0.15) is 38.2 Å². The number of nitrogens with one attached hydrogen (secondary N) is 1. The van der Waals surface area contributed by atoms with Crippen LogP contribution in [-0.4, -0.2) is 17.6 Å². The summed E-state index contributed by atoms with van der Waals surface area (Å²) < 4.78 is 0. The van der Waals surface area contributed by atoms with Crippen molar-refractivity contribution in [2.24, 2.45) is 0 Å². The van der Waals surface area contributed by atoms with Gasteiger partial charge in [-0.3, -0.25) is 4.79 Å². The van der Waals surface area contributed by atoms with Crippen LogP contribution in [0.25, 0.3) is 0 Å². The van der Waals surface area contributed by atoms with E-state index in [4.69, 9.17) is 0 Å². The zero-order chi connectivity index (χ0) is 12.5. The maximum atomic E-state index is 11.3. The van der Waals surface area contributed by atoms with Gasteiger partial charge in [0.2, 0.25) is 5.91 Å². The van der Waals surface area contributed by atoms with E-state index in [1.807, 2.05) is 12.1 Å². The van der Waals surface area contributed by atoms with Crippen molar-refractivity contribution in [2.45, 2.75) is 39.0 Å². The highest BCUT2D eigenvalue weighted by Crippen LogP contribution is 2.12. The third-order valence-electron chi connectivity index (χ3n) is 2.63. The molecule has 0 heterocycles. The van der Waals surface area contributed by atoms with Gasteiger partial charge in [-0.05, 0) is 37.0 Å². The molecule has 0 aliphatic rings. The number of rotatable bonds is 7. The van der Waals surface area contributed by atoms with Crippen LogP contribution in [0.3, 0.4) is 0 Å². The number of carbonyl (C=O) groups is 1. The number of aryl methyl sites for hydroxylation is 1. The van der Waals surface area contributed by atoms with E-state index in [2.05, 4.69) is 12.2 Å². The van der Waals surface area contributed by atoms with Crippen LogP contribution in [0.2, 0.25) is 0 Å². The molecule has 94 valence electrons. The molecule has 0 aliphatic carbocycles. The first kappa shape index (κ1) is 13.6. The molecule has 0 saturated carbocycles. The van der Waals surface area contributed by atoms with Gasteiger partial charge in [-0.2, -0.15) is 0 Å². The van der Waals surface area contributed by atoms with Crippen LogP contribution in [0.15, 0.2) is 24.3 Å². The predicted octanol–water partition coefficient (Wildman–Crippen LogP) is 2.63. The van der Waals surface area contributed by atoms with E-state index < -0.39 is 0 Å². The third kappa shape index (κ3) is 5.95. The number of hydrogen-bond acceptors (Lipinski definition) is 2. The lowest BCUT2D eigenvalue weighted by Crippen LogP contribution is -2.24. The van der Waals surface area contributed by atoms with Gasteiger partial charge in [0, 0.05) is 13.0 Å². The monoisotopic (exact) mass is 235 g/mol. The summed E-state index contributed by atoms with van der Waals surface area (Å²) in [7, 11) is 0. The van der Waals surface area contributed by atoms with Gasteiger partial charge in [0.15, 0.2) is 0 Å². The molecule has 0 radical (unpaired) electrons. The molecule has 0 fully saturated rings. The fourth-order valence-corrected chi connectivity index (χ4v) is 1.66. The maximum Gasteiger partial charge on any atom is 0.219 e. The Morgan fingerprint density at radius 3 is 2.88 bits per heavy atom. The summed E-state index contributed by atoms with van der Waals surface area (Å²) in [5.41, 5.74) is 1.10. The average molecular weight is 235 g/mol. The van der Waals surface area contributed by atoms with Gasteiger partial charge in [-0.15, -0.1) is 0 Å². The van der Waals surface area contributed by atoms with E-state index in [1.165, 1.54) is 0 Å². The van der Waals surface area contributed by atoms with Crippen molar-refractivity contribution in [3.63, 3.8) is 0 Å². The fourth-order valence-electron chi connectivity index (χ4n) is 1.66. The summed E-state index contributed by atoms with van der Waals surface area (Å²) in [5.74, 6) is 0.442. The van der Waals surface area contributed by atoms with Crippen molar-refractivity contribution in [3.8, 4) is 5.75 Å². The highest BCUT2D eigenvalue weighted by molar-refractivity contribution is 5.75. The van der Waals surface area contributed by atoms with Crippen LogP contribution in [-0.2, 0) is 11.2 Å². The Morgan fingerprint density at radius 1 is 1.35 bits per heavy atom. The van der Waals surface area contributed by atoms with Crippen LogP contribution in [0.4, 0.5) is 0 Å². The number of phenols is 1. The number of hydrogen-bond donors (Lipinski definition) is 2. The molecule has 0 atom stereocenters. The number of carbonyl (C=O) groups excluding carboxylic acids is 1. The lowest BCUT2D eigenvalue weighted by molar-refractivity contribution is -0.121. The Kier molecular flexibility index (Phi) is 6.15. The summed E-state index contributed by atoms with van der Waals surface area (Å²) in [5, 5.41) is 12.2. The molecule has 1 aromatic rings. The molecule has 1 aromatic carbocycles. The van der Waals surface area contributed by atoms with Crippen molar-refractivity contribution in [3.05, 3.63) is 29.8 Å². The first-order chi connectivity index (χ1) is 8.22. The smallest absolute Gasteiger partial charge is 0.219 e. The second-order valence-corrected chi connectivity index (χ2v) is 4.23. The number of aromatic hydroxyl groups is 1. The van der Waals surface area contributed by atoms with E-state index in [-0.39, 0.29) is 5.91 Å². The van der Waals surface area contributed by atoms with Crippen molar-refractivity contribution < 1.29 is 9.90 Å². The fraction of sp³-hybridized carbons (Fsp3) is 0.500. The SMILES string of the molecule is CCCCC(=O)NCCCc1cccc(O)c1. The lowest BCUT2D eigenvalue weighted by Gasteiger charge is -2.05. The Balaban J connectivity index is 2.14. The van der Waals surface area contributed by atoms with Crippen molar-refractivity contribution >= 4 is 5.91 Å². The lowest BCUT2D eigenvalue weighted by atomic mass is 10.1. The van der Waals surface area contributed by atoms with E-state index in [1.54, 1.807) is 12.1 Å². The minimum atomic E-state index is 0.141. The normalized spacial score (nSPS) is 10.2. The van der Waals surface area contributed by atoms with Crippen LogP contribution >= 0.6 is 0 Å². The highest BCUT2D eigenvalue weighted by Gasteiger charge is 1.99. The number of unbranched alkanes of at least 4 members (excludes halogenated alkanes) is 1. The van der Waals surface area contributed by atoms with E-state index in [9.17, 15) is 9.90 Å². The summed E-state index contributed by atoms with van der Waals surface area (Å²) in [6, 6.07) is 7.25. The van der Waals surface area contributed by atoms with Gasteiger partial charge in [-0.1, -0.05) is 25.5 Å². The summed E-state index contributed by atoms with van der Waals surface area (Å²) in [6.45, 7) is 2.79. The molecule has 0 bridgehead atoms. The van der Waals surface area contributed by atoms with Crippen molar-refractivity contribution in [1.29, 1.82) is 0 Å². The van der Waals surface area contributed by atoms with Gasteiger partial charge in [0.25, 0.3) is 0 Å². The zero-order valence-corrected chi connectivity index (χ0v) is 10.4. The largest absolute Gasteiger partial charge is 0.508 e. The van der Waals surface area contributed by atoms with Gasteiger partial charge >= 0.3 is 0 Å². The second kappa shape index (κ2) is 7.71. The minimum absolute atomic E-state index is 0.141. The molecule has 3 heteroatoms. The van der Waals surface area contributed by atoms with Gasteiger partial charge in [0.1, 0.15) is 5.75 Å². The van der Waals surface area contributed by atoms with E-state index >= 15 is 0 Å². The molecule has 1 rings (SSSR count). The van der Waals surface area contributed by atoms with E-state index in [0.29, 0.717) is 18.7 Å². The maximum absolute atomic E-state index is 11.3. The van der Waals surface area contributed by atoms with Crippen LogP contribution < -0.4 is 5.32 Å². The summed E-state index contributed by atoms with van der Waals surface area (Å²) >= 11 is 0. The summed E-state index contributed by atoms with van der Waals surface area (Å²) in [4.78, 5) is 11.3. The molecule has 1 amide bonds. The summed E-state index contributed by atoms with van der Waals surface area (Å²) in [6.07, 6.45) is 4.42. The Hall–Kier alpha value is -1.51. The first-order valence-corrected chi connectivity index (χ1v) is 6.27. The second-order valence-electron chi connectivity index (χ2n) is 4.23. The Bertz CT molecular complexity index is 350. The molecule has 0 aromatic heterocycles. The van der Waals surface area contributed by atoms with Crippen molar-refractivity contribution in [1.82, 2.24) is 5.32 Å². The molecular weight excluding hydrogens is 214 g/mol. The average Bonchev–Trinajstić information content (AvgIpc) is 2.32. The molecular formula is C14H21NO2.